The minimum absolute atomic E-state index is 0.0872. The van der Waals surface area contributed by atoms with Gasteiger partial charge in [0.2, 0.25) is 5.91 Å². The van der Waals surface area contributed by atoms with Gasteiger partial charge in [0, 0.05) is 24.2 Å². The summed E-state index contributed by atoms with van der Waals surface area (Å²) in [6, 6.07) is 0.289. The van der Waals surface area contributed by atoms with Crippen LogP contribution in [0.5, 0.6) is 0 Å². The van der Waals surface area contributed by atoms with Gasteiger partial charge in [-0.05, 0) is 27.7 Å². The lowest BCUT2D eigenvalue weighted by Crippen LogP contribution is -2.36. The average Bonchev–Trinajstić information content (AvgIpc) is 2.48. The molecule has 1 rings (SSSR count). The van der Waals surface area contributed by atoms with Gasteiger partial charge in [-0.3, -0.25) is 9.48 Å². The molecule has 0 aliphatic rings. The molecule has 0 saturated heterocycles. The SMILES string of the molecule is CC(C)n1cc(NC(=O)CC(C)(C)N)cn1. The van der Waals surface area contributed by atoms with E-state index in [1.807, 2.05) is 33.9 Å². The molecule has 0 aromatic carbocycles. The molecule has 0 atom stereocenters. The van der Waals surface area contributed by atoms with Crippen molar-refractivity contribution in [2.75, 3.05) is 5.32 Å². The van der Waals surface area contributed by atoms with Crippen LogP contribution in [-0.4, -0.2) is 21.2 Å². The summed E-state index contributed by atoms with van der Waals surface area (Å²) in [6.45, 7) is 7.71. The summed E-state index contributed by atoms with van der Waals surface area (Å²) in [5.74, 6) is -0.0872. The molecule has 1 amide bonds. The first-order chi connectivity index (χ1) is 7.28. The minimum Gasteiger partial charge on any atom is -0.325 e. The molecule has 5 nitrogen and oxygen atoms in total. The van der Waals surface area contributed by atoms with Crippen LogP contribution in [0.3, 0.4) is 0 Å². The van der Waals surface area contributed by atoms with Crippen molar-refractivity contribution in [2.45, 2.75) is 45.7 Å². The molecule has 3 N–H and O–H groups in total. The summed E-state index contributed by atoms with van der Waals surface area (Å²) < 4.78 is 1.79. The van der Waals surface area contributed by atoms with Gasteiger partial charge in [0.25, 0.3) is 0 Å². The van der Waals surface area contributed by atoms with Crippen molar-refractivity contribution >= 4 is 11.6 Å². The molecule has 0 bridgehead atoms. The van der Waals surface area contributed by atoms with Crippen LogP contribution in [0.25, 0.3) is 0 Å². The average molecular weight is 224 g/mol. The standard InChI is InChI=1S/C11H20N4O/c1-8(2)15-7-9(6-13-15)14-10(16)5-11(3,4)12/h6-8H,5,12H2,1-4H3,(H,14,16). The molecule has 0 saturated carbocycles. The van der Waals surface area contributed by atoms with Gasteiger partial charge in [0.1, 0.15) is 0 Å². The van der Waals surface area contributed by atoms with E-state index in [4.69, 9.17) is 5.73 Å². The molecule has 5 heteroatoms. The summed E-state index contributed by atoms with van der Waals surface area (Å²) in [7, 11) is 0. The fourth-order valence-electron chi connectivity index (χ4n) is 1.30. The van der Waals surface area contributed by atoms with Gasteiger partial charge in [0.05, 0.1) is 11.9 Å². The summed E-state index contributed by atoms with van der Waals surface area (Å²) in [6.07, 6.45) is 3.74. The number of carbonyl (C=O) groups excluding carboxylic acids is 1. The van der Waals surface area contributed by atoms with Crippen LogP contribution < -0.4 is 11.1 Å². The molecule has 0 aliphatic carbocycles. The third-order valence-corrected chi connectivity index (χ3v) is 2.03. The second kappa shape index (κ2) is 4.65. The number of amides is 1. The molecule has 1 heterocycles. The Morgan fingerprint density at radius 3 is 2.69 bits per heavy atom. The van der Waals surface area contributed by atoms with Crippen LogP contribution in [0.2, 0.25) is 0 Å². The lowest BCUT2D eigenvalue weighted by molar-refractivity contribution is -0.117. The normalized spacial score (nSPS) is 11.9. The van der Waals surface area contributed by atoms with Crippen LogP contribution in [0.4, 0.5) is 5.69 Å². The molecule has 0 unspecified atom stereocenters. The lowest BCUT2D eigenvalue weighted by Gasteiger charge is -2.16. The van der Waals surface area contributed by atoms with Crippen LogP contribution in [0.15, 0.2) is 12.4 Å². The maximum atomic E-state index is 11.6. The predicted molar refractivity (Wildman–Crippen MR) is 64.1 cm³/mol. The molecule has 16 heavy (non-hydrogen) atoms. The van der Waals surface area contributed by atoms with Crippen molar-refractivity contribution in [2.24, 2.45) is 5.73 Å². The number of carbonyl (C=O) groups is 1. The first-order valence-corrected chi connectivity index (χ1v) is 5.41. The van der Waals surface area contributed by atoms with Crippen LogP contribution in [-0.2, 0) is 4.79 Å². The summed E-state index contributed by atoms with van der Waals surface area (Å²) in [5.41, 5.74) is 5.98. The Morgan fingerprint density at radius 2 is 2.25 bits per heavy atom. The van der Waals surface area contributed by atoms with E-state index >= 15 is 0 Å². The number of nitrogens with two attached hydrogens (primary N) is 1. The third-order valence-electron chi connectivity index (χ3n) is 2.03. The van der Waals surface area contributed by atoms with E-state index in [0.717, 1.165) is 0 Å². The maximum Gasteiger partial charge on any atom is 0.226 e. The molecule has 0 spiro atoms. The number of hydrogen-bond donors (Lipinski definition) is 2. The second-order valence-electron chi connectivity index (χ2n) is 5.02. The first-order valence-electron chi connectivity index (χ1n) is 5.41. The molecule has 0 radical (unpaired) electrons. The summed E-state index contributed by atoms with van der Waals surface area (Å²) in [5, 5.41) is 6.91. The van der Waals surface area contributed by atoms with Crippen LogP contribution in [0.1, 0.15) is 40.2 Å². The maximum absolute atomic E-state index is 11.6. The van der Waals surface area contributed by atoms with E-state index in [0.29, 0.717) is 12.1 Å². The van der Waals surface area contributed by atoms with Crippen molar-refractivity contribution in [3.63, 3.8) is 0 Å². The molecule has 90 valence electrons. The number of anilines is 1. The highest BCUT2D eigenvalue weighted by Crippen LogP contribution is 2.11. The van der Waals surface area contributed by atoms with Crippen molar-refractivity contribution in [1.82, 2.24) is 9.78 Å². The largest absolute Gasteiger partial charge is 0.325 e. The topological polar surface area (TPSA) is 72.9 Å². The molecule has 1 aromatic heterocycles. The van der Waals surface area contributed by atoms with E-state index in [-0.39, 0.29) is 11.9 Å². The number of hydrogen-bond acceptors (Lipinski definition) is 3. The van der Waals surface area contributed by atoms with Crippen molar-refractivity contribution in [3.05, 3.63) is 12.4 Å². The molecule has 1 aromatic rings. The Kier molecular flexibility index (Phi) is 3.70. The molecular weight excluding hydrogens is 204 g/mol. The lowest BCUT2D eigenvalue weighted by atomic mass is 10.0. The number of rotatable bonds is 4. The van der Waals surface area contributed by atoms with E-state index in [1.165, 1.54) is 0 Å². The van der Waals surface area contributed by atoms with E-state index in [2.05, 4.69) is 10.4 Å². The minimum atomic E-state index is -0.488. The fourth-order valence-corrected chi connectivity index (χ4v) is 1.30. The van der Waals surface area contributed by atoms with Gasteiger partial charge >= 0.3 is 0 Å². The van der Waals surface area contributed by atoms with E-state index in [9.17, 15) is 4.79 Å². The first kappa shape index (κ1) is 12.7. The number of aromatic nitrogens is 2. The Hall–Kier alpha value is -1.36. The highest BCUT2D eigenvalue weighted by molar-refractivity contribution is 5.91. The zero-order valence-electron chi connectivity index (χ0n) is 10.3. The van der Waals surface area contributed by atoms with Gasteiger partial charge < -0.3 is 11.1 Å². The number of nitrogens with one attached hydrogen (secondary N) is 1. The van der Waals surface area contributed by atoms with Crippen molar-refractivity contribution in [1.29, 1.82) is 0 Å². The highest BCUT2D eigenvalue weighted by atomic mass is 16.1. The van der Waals surface area contributed by atoms with E-state index < -0.39 is 5.54 Å². The van der Waals surface area contributed by atoms with Gasteiger partial charge in [-0.15, -0.1) is 0 Å². The molecule has 0 aliphatic heterocycles. The quantitative estimate of drug-likeness (QED) is 0.814. The Bertz CT molecular complexity index is 362. The fraction of sp³-hybridized carbons (Fsp3) is 0.636. The number of nitrogens with zero attached hydrogens (tertiary/aromatic N) is 2. The molecule has 0 fully saturated rings. The smallest absolute Gasteiger partial charge is 0.226 e. The third kappa shape index (κ3) is 4.02. The van der Waals surface area contributed by atoms with Crippen LogP contribution >= 0.6 is 0 Å². The summed E-state index contributed by atoms with van der Waals surface area (Å²) in [4.78, 5) is 11.6. The predicted octanol–water partition coefficient (Wildman–Crippen LogP) is 1.53. The van der Waals surface area contributed by atoms with Crippen molar-refractivity contribution in [3.8, 4) is 0 Å². The monoisotopic (exact) mass is 224 g/mol. The highest BCUT2D eigenvalue weighted by Gasteiger charge is 2.16. The summed E-state index contributed by atoms with van der Waals surface area (Å²) >= 11 is 0. The zero-order valence-corrected chi connectivity index (χ0v) is 10.3. The second-order valence-corrected chi connectivity index (χ2v) is 5.02. The van der Waals surface area contributed by atoms with E-state index in [1.54, 1.807) is 10.9 Å². The van der Waals surface area contributed by atoms with Crippen molar-refractivity contribution < 1.29 is 4.79 Å². The van der Waals surface area contributed by atoms with Crippen LogP contribution in [0, 0.1) is 0 Å². The van der Waals surface area contributed by atoms with Gasteiger partial charge in [-0.2, -0.15) is 5.10 Å². The Morgan fingerprint density at radius 1 is 1.62 bits per heavy atom. The van der Waals surface area contributed by atoms with Gasteiger partial charge in [-0.1, -0.05) is 0 Å². The van der Waals surface area contributed by atoms with Gasteiger partial charge in [-0.25, -0.2) is 0 Å². The molecular formula is C11H20N4O. The zero-order chi connectivity index (χ0) is 12.3. The Labute approximate surface area is 96.0 Å². The van der Waals surface area contributed by atoms with Gasteiger partial charge in [0.15, 0.2) is 0 Å². The Balaban J connectivity index is 2.57.